The first-order valence-corrected chi connectivity index (χ1v) is 9.74. The maximum absolute atomic E-state index is 12.3. The van der Waals surface area contributed by atoms with Gasteiger partial charge in [-0.1, -0.05) is 36.4 Å². The van der Waals surface area contributed by atoms with Gasteiger partial charge in [-0.05, 0) is 23.3 Å². The fraction of sp³-hybridized carbons (Fsp3) is 0.273. The first-order chi connectivity index (χ1) is 13.8. The average Bonchev–Trinajstić information content (AvgIpc) is 3.12. The topological polar surface area (TPSA) is 62.2 Å². The minimum atomic E-state index is 0.0841. The van der Waals surface area contributed by atoms with E-state index in [0.29, 0.717) is 6.42 Å². The normalized spacial score (nSPS) is 18.8. The van der Waals surface area contributed by atoms with Gasteiger partial charge in [-0.3, -0.25) is 9.48 Å². The van der Waals surface area contributed by atoms with Crippen LogP contribution in [0.3, 0.4) is 0 Å². The number of benzene rings is 2. The maximum atomic E-state index is 12.3. The fourth-order valence-corrected chi connectivity index (χ4v) is 4.10. The van der Waals surface area contributed by atoms with Gasteiger partial charge in [0.1, 0.15) is 0 Å². The second kappa shape index (κ2) is 7.13. The molecule has 0 saturated carbocycles. The lowest BCUT2D eigenvalue weighted by molar-refractivity contribution is -0.116. The molecule has 0 spiro atoms. The summed E-state index contributed by atoms with van der Waals surface area (Å²) in [6.45, 7) is 3.43. The monoisotopic (exact) mass is 373 g/mol. The molecule has 142 valence electrons. The standard InChI is InChI=1S/C22H23N5O/c28-22-11-19-13-23-8-9-27(19)21-10-17(6-7-20(21)25-22)18-12-24-26(15-18)14-16-4-2-1-3-5-16/h1-7,10,12,15,19,23H,8-9,11,13-14H2,(H,25,28). The number of carbonyl (C=O) groups excluding carboxylic acids is 1. The zero-order valence-corrected chi connectivity index (χ0v) is 15.6. The average molecular weight is 373 g/mol. The summed E-state index contributed by atoms with van der Waals surface area (Å²) in [7, 11) is 0. The Morgan fingerprint density at radius 2 is 2.00 bits per heavy atom. The number of carbonyl (C=O) groups is 1. The summed E-state index contributed by atoms with van der Waals surface area (Å²) in [5, 5.41) is 11.0. The van der Waals surface area contributed by atoms with E-state index in [2.05, 4.69) is 51.1 Å². The van der Waals surface area contributed by atoms with Crippen molar-refractivity contribution in [2.24, 2.45) is 0 Å². The van der Waals surface area contributed by atoms with Crippen molar-refractivity contribution < 1.29 is 4.79 Å². The molecule has 1 amide bonds. The number of hydrogen-bond donors (Lipinski definition) is 2. The number of amides is 1. The maximum Gasteiger partial charge on any atom is 0.226 e. The molecule has 1 fully saturated rings. The van der Waals surface area contributed by atoms with Crippen molar-refractivity contribution in [1.82, 2.24) is 15.1 Å². The van der Waals surface area contributed by atoms with E-state index < -0.39 is 0 Å². The van der Waals surface area contributed by atoms with E-state index in [-0.39, 0.29) is 11.9 Å². The van der Waals surface area contributed by atoms with Crippen LogP contribution in [0.1, 0.15) is 12.0 Å². The predicted molar refractivity (Wildman–Crippen MR) is 110 cm³/mol. The zero-order chi connectivity index (χ0) is 18.9. The summed E-state index contributed by atoms with van der Waals surface area (Å²) in [5.74, 6) is 0.0841. The highest BCUT2D eigenvalue weighted by Crippen LogP contribution is 2.35. The second-order valence-corrected chi connectivity index (χ2v) is 7.45. The molecule has 6 heteroatoms. The summed E-state index contributed by atoms with van der Waals surface area (Å²) in [4.78, 5) is 14.6. The predicted octanol–water partition coefficient (Wildman–Crippen LogP) is 2.72. The summed E-state index contributed by atoms with van der Waals surface area (Å²) in [6, 6.07) is 16.8. The molecule has 5 rings (SSSR count). The van der Waals surface area contributed by atoms with Crippen molar-refractivity contribution in [3.63, 3.8) is 0 Å². The smallest absolute Gasteiger partial charge is 0.226 e. The number of piperazine rings is 1. The van der Waals surface area contributed by atoms with Crippen LogP contribution in [0, 0.1) is 0 Å². The molecule has 0 bridgehead atoms. The lowest BCUT2D eigenvalue weighted by Gasteiger charge is -2.36. The van der Waals surface area contributed by atoms with Gasteiger partial charge in [0.25, 0.3) is 0 Å². The molecule has 2 aromatic carbocycles. The second-order valence-electron chi connectivity index (χ2n) is 7.45. The van der Waals surface area contributed by atoms with Crippen LogP contribution >= 0.6 is 0 Å². The highest BCUT2D eigenvalue weighted by Gasteiger charge is 2.30. The molecule has 1 aromatic heterocycles. The van der Waals surface area contributed by atoms with Crippen molar-refractivity contribution >= 4 is 17.3 Å². The van der Waals surface area contributed by atoms with Crippen molar-refractivity contribution in [3.05, 3.63) is 66.5 Å². The van der Waals surface area contributed by atoms with Gasteiger partial charge in [0.05, 0.1) is 30.2 Å². The number of anilines is 2. The third kappa shape index (κ3) is 3.27. The Labute approximate surface area is 164 Å². The van der Waals surface area contributed by atoms with E-state index in [1.807, 2.05) is 35.1 Å². The first-order valence-electron chi connectivity index (χ1n) is 9.74. The summed E-state index contributed by atoms with van der Waals surface area (Å²) < 4.78 is 1.96. The Balaban J connectivity index is 1.46. The highest BCUT2D eigenvalue weighted by atomic mass is 16.1. The van der Waals surface area contributed by atoms with E-state index in [1.54, 1.807) is 0 Å². The molecule has 1 saturated heterocycles. The van der Waals surface area contributed by atoms with E-state index >= 15 is 0 Å². The van der Waals surface area contributed by atoms with E-state index in [1.165, 1.54) is 5.56 Å². The third-order valence-electron chi connectivity index (χ3n) is 5.51. The molecular formula is C22H23N5O. The van der Waals surface area contributed by atoms with Gasteiger partial charge in [-0.25, -0.2) is 0 Å². The van der Waals surface area contributed by atoms with Crippen LogP contribution in [0.15, 0.2) is 60.9 Å². The molecule has 2 aliphatic rings. The Kier molecular flexibility index (Phi) is 4.33. The van der Waals surface area contributed by atoms with Crippen molar-refractivity contribution in [3.8, 4) is 11.1 Å². The van der Waals surface area contributed by atoms with Gasteiger partial charge < -0.3 is 15.5 Å². The quantitative estimate of drug-likeness (QED) is 0.741. The molecule has 3 aromatic rings. The van der Waals surface area contributed by atoms with Gasteiger partial charge in [0.2, 0.25) is 5.91 Å². The molecule has 6 nitrogen and oxygen atoms in total. The van der Waals surface area contributed by atoms with E-state index in [0.717, 1.165) is 48.7 Å². The Morgan fingerprint density at radius 1 is 1.11 bits per heavy atom. The molecular weight excluding hydrogens is 350 g/mol. The van der Waals surface area contributed by atoms with Crippen molar-refractivity contribution in [2.45, 2.75) is 19.0 Å². The summed E-state index contributed by atoms with van der Waals surface area (Å²) in [5.41, 5.74) is 5.43. The van der Waals surface area contributed by atoms with Gasteiger partial charge in [0.15, 0.2) is 0 Å². The van der Waals surface area contributed by atoms with E-state index in [9.17, 15) is 4.79 Å². The summed E-state index contributed by atoms with van der Waals surface area (Å²) >= 11 is 0. The molecule has 0 radical (unpaired) electrons. The molecule has 2 aliphatic heterocycles. The Hall–Kier alpha value is -3.12. The summed E-state index contributed by atoms with van der Waals surface area (Å²) in [6.07, 6.45) is 4.51. The zero-order valence-electron chi connectivity index (χ0n) is 15.6. The molecule has 2 N–H and O–H groups in total. The van der Waals surface area contributed by atoms with Crippen LogP contribution in [0.25, 0.3) is 11.1 Å². The Morgan fingerprint density at radius 3 is 2.89 bits per heavy atom. The van der Waals surface area contributed by atoms with Gasteiger partial charge >= 0.3 is 0 Å². The molecule has 3 heterocycles. The largest absolute Gasteiger partial charge is 0.364 e. The molecule has 1 unspecified atom stereocenters. The van der Waals surface area contributed by atoms with Crippen molar-refractivity contribution in [2.75, 3.05) is 29.9 Å². The number of nitrogens with one attached hydrogen (secondary N) is 2. The minimum absolute atomic E-state index is 0.0841. The first kappa shape index (κ1) is 17.0. The molecule has 28 heavy (non-hydrogen) atoms. The van der Waals surface area contributed by atoms with Crippen molar-refractivity contribution in [1.29, 1.82) is 0 Å². The number of fused-ring (bicyclic) bond motifs is 3. The number of aromatic nitrogens is 2. The number of rotatable bonds is 3. The van der Waals surface area contributed by atoms with Crippen LogP contribution in [0.2, 0.25) is 0 Å². The number of nitrogens with zero attached hydrogens (tertiary/aromatic N) is 3. The fourth-order valence-electron chi connectivity index (χ4n) is 4.10. The van der Waals surface area contributed by atoms with Crippen LogP contribution in [-0.2, 0) is 11.3 Å². The van der Waals surface area contributed by atoms with Gasteiger partial charge in [-0.15, -0.1) is 0 Å². The van der Waals surface area contributed by atoms with Crippen LogP contribution in [-0.4, -0.2) is 41.4 Å². The van der Waals surface area contributed by atoms with Gasteiger partial charge in [0, 0.05) is 37.8 Å². The SMILES string of the molecule is O=C1CC2CNCCN2c2cc(-c3cnn(Cc4ccccc4)c3)ccc2N1. The molecule has 0 aliphatic carbocycles. The van der Waals surface area contributed by atoms with Gasteiger partial charge in [-0.2, -0.15) is 5.10 Å². The lowest BCUT2D eigenvalue weighted by atomic mass is 10.1. The third-order valence-corrected chi connectivity index (χ3v) is 5.51. The highest BCUT2D eigenvalue weighted by molar-refractivity contribution is 5.97. The molecule has 1 atom stereocenters. The van der Waals surface area contributed by atoms with Crippen LogP contribution in [0.4, 0.5) is 11.4 Å². The Bertz CT molecular complexity index is 997. The number of hydrogen-bond acceptors (Lipinski definition) is 4. The minimum Gasteiger partial charge on any atom is -0.364 e. The lowest BCUT2D eigenvalue weighted by Crippen LogP contribution is -2.51. The van der Waals surface area contributed by atoms with Crippen LogP contribution in [0.5, 0.6) is 0 Å². The van der Waals surface area contributed by atoms with E-state index in [4.69, 9.17) is 0 Å². The van der Waals surface area contributed by atoms with Crippen LogP contribution < -0.4 is 15.5 Å².